The Kier molecular flexibility index (Phi) is 14.0. The lowest BCUT2D eigenvalue weighted by Crippen LogP contribution is -2.38. The van der Waals surface area contributed by atoms with Gasteiger partial charge in [0.2, 0.25) is 0 Å². The van der Waals surface area contributed by atoms with Crippen LogP contribution in [0.15, 0.2) is 42.5 Å². The molecule has 246 valence electrons. The molecule has 1 heterocycles. The van der Waals surface area contributed by atoms with E-state index >= 15 is 0 Å². The molecule has 2 fully saturated rings. The first-order chi connectivity index (χ1) is 21.3. The smallest absolute Gasteiger partial charge is 0.335 e. The Morgan fingerprint density at radius 3 is 2.55 bits per heavy atom. The maximum Gasteiger partial charge on any atom is 0.335 e. The maximum absolute atomic E-state index is 11.9. The van der Waals surface area contributed by atoms with Gasteiger partial charge < -0.3 is 24.4 Å². The Labute approximate surface area is 266 Å². The van der Waals surface area contributed by atoms with Crippen molar-refractivity contribution in [1.29, 1.82) is 0 Å². The zero-order valence-corrected chi connectivity index (χ0v) is 27.4. The highest BCUT2D eigenvalue weighted by Crippen LogP contribution is 2.42. The van der Waals surface area contributed by atoms with Gasteiger partial charge >= 0.3 is 5.97 Å². The summed E-state index contributed by atoms with van der Waals surface area (Å²) in [6.07, 6.45) is 16.2. The quantitative estimate of drug-likeness (QED) is 0.0665. The van der Waals surface area contributed by atoms with E-state index in [-0.39, 0.29) is 24.0 Å². The minimum atomic E-state index is -1.01. The fourth-order valence-corrected chi connectivity index (χ4v) is 7.68. The molecular formula is C38H58O6. The zero-order chi connectivity index (χ0) is 31.5. The summed E-state index contributed by atoms with van der Waals surface area (Å²) in [5.41, 5.74) is 5.38. The van der Waals surface area contributed by atoms with Crippen LogP contribution in [-0.4, -0.2) is 55.0 Å². The van der Waals surface area contributed by atoms with E-state index in [1.165, 1.54) is 70.6 Å². The van der Waals surface area contributed by atoms with Crippen molar-refractivity contribution in [3.05, 3.63) is 59.2 Å². The molecule has 1 aromatic rings. The van der Waals surface area contributed by atoms with E-state index in [0.717, 1.165) is 18.8 Å². The molecule has 4 rings (SSSR count). The first-order valence-corrected chi connectivity index (χ1v) is 17.4. The van der Waals surface area contributed by atoms with Gasteiger partial charge in [-0.05, 0) is 123 Å². The highest BCUT2D eigenvalue weighted by Gasteiger charge is 2.35. The van der Waals surface area contributed by atoms with Crippen LogP contribution in [0.3, 0.4) is 0 Å². The molecule has 0 amide bonds. The summed E-state index contributed by atoms with van der Waals surface area (Å²) in [5.74, 6) is 1.92. The van der Waals surface area contributed by atoms with E-state index in [2.05, 4.69) is 38.3 Å². The fourth-order valence-electron chi connectivity index (χ4n) is 7.68. The molecule has 0 radical (unpaired) electrons. The molecule has 0 aromatic heterocycles. The van der Waals surface area contributed by atoms with Gasteiger partial charge in [0.1, 0.15) is 0 Å². The van der Waals surface area contributed by atoms with Crippen molar-refractivity contribution in [2.24, 2.45) is 23.7 Å². The second-order valence-electron chi connectivity index (χ2n) is 13.9. The fraction of sp³-hybridized carbons (Fsp3) is 0.711. The largest absolute Gasteiger partial charge is 0.462 e. The number of unbranched alkanes of at least 4 members (excludes halogenated alkanes) is 2. The molecule has 44 heavy (non-hydrogen) atoms. The van der Waals surface area contributed by atoms with Crippen molar-refractivity contribution in [2.45, 2.75) is 122 Å². The summed E-state index contributed by atoms with van der Waals surface area (Å²) in [4.78, 5) is 11.9. The molecule has 6 nitrogen and oxygen atoms in total. The van der Waals surface area contributed by atoms with Crippen molar-refractivity contribution in [2.75, 3.05) is 26.4 Å². The predicted octanol–water partition coefficient (Wildman–Crippen LogP) is 7.45. The summed E-state index contributed by atoms with van der Waals surface area (Å²) < 4.78 is 17.5. The predicted molar refractivity (Wildman–Crippen MR) is 175 cm³/mol. The van der Waals surface area contributed by atoms with Crippen LogP contribution in [0.2, 0.25) is 0 Å². The number of rotatable bonds is 16. The minimum absolute atomic E-state index is 0.0481. The second kappa shape index (κ2) is 17.6. The van der Waals surface area contributed by atoms with E-state index in [1.54, 1.807) is 23.6 Å². The Balaban J connectivity index is 1.23. The number of ether oxygens (including phenoxy) is 3. The topological polar surface area (TPSA) is 85.2 Å². The number of hydrogen-bond donors (Lipinski definition) is 2. The molecule has 5 atom stereocenters. The van der Waals surface area contributed by atoms with Crippen LogP contribution in [-0.2, 0) is 31.8 Å². The maximum atomic E-state index is 11.9. The normalized spacial score (nSPS) is 26.8. The number of carbonyl (C=O) groups is 1. The molecule has 2 N–H and O–H groups in total. The first kappa shape index (κ1) is 34.9. The average Bonchev–Trinajstić information content (AvgIpc) is 3.05. The van der Waals surface area contributed by atoms with E-state index in [1.807, 2.05) is 0 Å². The summed E-state index contributed by atoms with van der Waals surface area (Å²) >= 11 is 0. The summed E-state index contributed by atoms with van der Waals surface area (Å²) in [5, 5.41) is 19.3. The number of aliphatic hydroxyl groups is 2. The van der Waals surface area contributed by atoms with Crippen molar-refractivity contribution in [3.63, 3.8) is 0 Å². The SMILES string of the molecule is C=C(CO)C(=O)OCCC(COC(O)C(=C)C)C1CCC(C2CCC(c3ccc4c(c3)CCC(CCCCC)C4)CC2)OC1. The van der Waals surface area contributed by atoms with E-state index in [9.17, 15) is 9.90 Å². The molecular weight excluding hydrogens is 552 g/mol. The van der Waals surface area contributed by atoms with Gasteiger partial charge in [0.05, 0.1) is 38.1 Å². The molecule has 0 bridgehead atoms. The molecule has 6 heteroatoms. The van der Waals surface area contributed by atoms with Crippen LogP contribution in [0, 0.1) is 23.7 Å². The molecule has 2 aliphatic carbocycles. The lowest BCUT2D eigenvalue weighted by atomic mass is 9.73. The van der Waals surface area contributed by atoms with Crippen molar-refractivity contribution >= 4 is 5.97 Å². The second-order valence-corrected chi connectivity index (χ2v) is 13.9. The van der Waals surface area contributed by atoms with Crippen LogP contribution in [0.25, 0.3) is 0 Å². The van der Waals surface area contributed by atoms with E-state index in [4.69, 9.17) is 19.3 Å². The van der Waals surface area contributed by atoms with Crippen LogP contribution < -0.4 is 0 Å². The summed E-state index contributed by atoms with van der Waals surface area (Å²) in [7, 11) is 0. The Morgan fingerprint density at radius 2 is 1.86 bits per heavy atom. The van der Waals surface area contributed by atoms with Crippen molar-refractivity contribution < 1.29 is 29.2 Å². The third kappa shape index (κ3) is 10.0. The van der Waals surface area contributed by atoms with Gasteiger partial charge in [-0.3, -0.25) is 0 Å². The Hall–Kier alpha value is -1.99. The standard InChI is InChI=1S/C38H58O6/c1-5-6-7-8-28-9-10-33-22-32(16-15-31(33)21-28)29-11-13-30(14-12-29)36-18-17-34(24-43-36)35(25-44-37(40)26(2)3)19-20-42-38(41)27(4)23-39/h15-16,22,28-30,34-37,39-40H,2,4-14,17-21,23-25H2,1,3H3. The number of aliphatic hydroxyl groups excluding tert-OH is 2. The van der Waals surface area contributed by atoms with Gasteiger partial charge in [-0.15, -0.1) is 0 Å². The molecule has 0 spiro atoms. The number of aryl methyl sites for hydroxylation is 1. The number of esters is 1. The summed E-state index contributed by atoms with van der Waals surface area (Å²) in [6, 6.07) is 7.44. The minimum Gasteiger partial charge on any atom is -0.462 e. The summed E-state index contributed by atoms with van der Waals surface area (Å²) in [6.45, 7) is 12.1. The van der Waals surface area contributed by atoms with E-state index < -0.39 is 18.9 Å². The zero-order valence-electron chi connectivity index (χ0n) is 27.4. The van der Waals surface area contributed by atoms with Gasteiger partial charge in [-0.2, -0.15) is 0 Å². The Morgan fingerprint density at radius 1 is 1.07 bits per heavy atom. The van der Waals surface area contributed by atoms with Gasteiger partial charge in [-0.25, -0.2) is 4.79 Å². The number of benzene rings is 1. The molecule has 5 unspecified atom stereocenters. The Bertz CT molecular complexity index is 1070. The van der Waals surface area contributed by atoms with Crippen molar-refractivity contribution in [1.82, 2.24) is 0 Å². The highest BCUT2D eigenvalue weighted by molar-refractivity contribution is 5.87. The van der Waals surface area contributed by atoms with Crippen LogP contribution in [0.5, 0.6) is 0 Å². The molecule has 1 aliphatic heterocycles. The third-order valence-corrected chi connectivity index (χ3v) is 10.6. The highest BCUT2D eigenvalue weighted by atomic mass is 16.6. The van der Waals surface area contributed by atoms with Gasteiger partial charge in [-0.1, -0.05) is 64.0 Å². The van der Waals surface area contributed by atoms with Crippen LogP contribution in [0.1, 0.15) is 114 Å². The lowest BCUT2D eigenvalue weighted by Gasteiger charge is -2.40. The monoisotopic (exact) mass is 610 g/mol. The van der Waals surface area contributed by atoms with Gasteiger partial charge in [0, 0.05) is 0 Å². The first-order valence-electron chi connectivity index (χ1n) is 17.4. The molecule has 1 saturated heterocycles. The number of hydrogen-bond acceptors (Lipinski definition) is 6. The number of fused-ring (bicyclic) bond motifs is 1. The molecule has 3 aliphatic rings. The van der Waals surface area contributed by atoms with Gasteiger partial charge in [0.25, 0.3) is 0 Å². The van der Waals surface area contributed by atoms with Crippen molar-refractivity contribution in [3.8, 4) is 0 Å². The lowest BCUT2D eigenvalue weighted by molar-refractivity contribution is -0.141. The van der Waals surface area contributed by atoms with Crippen LogP contribution >= 0.6 is 0 Å². The van der Waals surface area contributed by atoms with Gasteiger partial charge in [0.15, 0.2) is 6.29 Å². The average molecular weight is 611 g/mol. The number of carbonyl (C=O) groups excluding carboxylic acids is 1. The van der Waals surface area contributed by atoms with E-state index in [0.29, 0.717) is 43.1 Å². The van der Waals surface area contributed by atoms with Crippen LogP contribution in [0.4, 0.5) is 0 Å². The molecule has 1 aromatic carbocycles. The molecule has 1 saturated carbocycles. The third-order valence-electron chi connectivity index (χ3n) is 10.6.